The summed E-state index contributed by atoms with van der Waals surface area (Å²) in [5.74, 6) is -0.207. The van der Waals surface area contributed by atoms with Crippen molar-refractivity contribution in [1.29, 1.82) is 0 Å². The molecule has 4 rings (SSSR count). The van der Waals surface area contributed by atoms with Crippen molar-refractivity contribution in [3.63, 3.8) is 0 Å². The number of carboxylic acid groups (broad SMARTS) is 1. The fraction of sp³-hybridized carbons (Fsp3) is 0.370. The van der Waals surface area contributed by atoms with Crippen LogP contribution in [-0.2, 0) is 17.9 Å². The van der Waals surface area contributed by atoms with Crippen LogP contribution in [0.5, 0.6) is 11.6 Å². The third-order valence-corrected chi connectivity index (χ3v) is 6.45. The molecule has 0 unspecified atom stereocenters. The summed E-state index contributed by atoms with van der Waals surface area (Å²) >= 11 is 5.81. The maximum absolute atomic E-state index is 14.0. The predicted molar refractivity (Wildman–Crippen MR) is 134 cm³/mol. The van der Waals surface area contributed by atoms with E-state index in [4.69, 9.17) is 21.1 Å². The highest BCUT2D eigenvalue weighted by molar-refractivity contribution is 6.30. The summed E-state index contributed by atoms with van der Waals surface area (Å²) in [5, 5.41) is 9.55. The second-order valence-electron chi connectivity index (χ2n) is 9.38. The molecule has 190 valence electrons. The smallest absolute Gasteiger partial charge is 0.347 e. The Morgan fingerprint density at radius 2 is 1.97 bits per heavy atom. The monoisotopic (exact) mass is 513 g/mol. The zero-order valence-electron chi connectivity index (χ0n) is 20.3. The molecule has 0 saturated carbocycles. The summed E-state index contributed by atoms with van der Waals surface area (Å²) in [6, 6.07) is 13.9. The van der Waals surface area contributed by atoms with E-state index in [0.717, 1.165) is 37.3 Å². The Morgan fingerprint density at radius 3 is 2.64 bits per heavy atom. The van der Waals surface area contributed by atoms with Gasteiger partial charge in [0.05, 0.1) is 11.9 Å². The number of aromatic nitrogens is 2. The molecule has 1 fully saturated rings. The van der Waals surface area contributed by atoms with Gasteiger partial charge in [0.1, 0.15) is 18.2 Å². The Balaban J connectivity index is 1.28. The number of aliphatic carboxylic acids is 1. The third kappa shape index (κ3) is 6.71. The van der Waals surface area contributed by atoms with E-state index in [9.17, 15) is 14.3 Å². The molecule has 0 aliphatic carbocycles. The van der Waals surface area contributed by atoms with E-state index in [1.54, 1.807) is 30.5 Å². The van der Waals surface area contributed by atoms with Gasteiger partial charge in [-0.15, -0.1) is 0 Å². The summed E-state index contributed by atoms with van der Waals surface area (Å²) in [4.78, 5) is 22.7. The Bertz CT molecular complexity index is 1200. The molecular formula is C27H29ClFN3O4. The SMILES string of the molecule is CC(C)(Oc1ccc(CN2CCC(c3cccc(OCc4ccc(Cl)cc4F)n3)CC2)nc1)C(=O)O. The molecule has 0 spiro atoms. The topological polar surface area (TPSA) is 84.8 Å². The van der Waals surface area contributed by atoms with Crippen LogP contribution in [0.2, 0.25) is 5.02 Å². The van der Waals surface area contributed by atoms with Gasteiger partial charge >= 0.3 is 5.97 Å². The highest BCUT2D eigenvalue weighted by Gasteiger charge is 2.29. The van der Waals surface area contributed by atoms with Crippen LogP contribution in [0.15, 0.2) is 54.7 Å². The molecule has 3 heterocycles. The second kappa shape index (κ2) is 11.2. The zero-order chi connectivity index (χ0) is 25.7. The van der Waals surface area contributed by atoms with E-state index in [2.05, 4.69) is 14.9 Å². The quantitative estimate of drug-likeness (QED) is 0.406. The number of carbonyl (C=O) groups is 1. The number of nitrogens with zero attached hydrogens (tertiary/aromatic N) is 3. The molecule has 0 atom stereocenters. The van der Waals surface area contributed by atoms with Gasteiger partial charge in [-0.2, -0.15) is 0 Å². The first-order chi connectivity index (χ1) is 17.2. The molecule has 1 saturated heterocycles. The Labute approximate surface area is 214 Å². The molecule has 2 aromatic heterocycles. The number of hydrogen-bond acceptors (Lipinski definition) is 6. The fourth-order valence-corrected chi connectivity index (χ4v) is 4.21. The van der Waals surface area contributed by atoms with Crippen LogP contribution >= 0.6 is 11.6 Å². The number of rotatable bonds is 9. The van der Waals surface area contributed by atoms with Gasteiger partial charge in [0.2, 0.25) is 5.88 Å². The van der Waals surface area contributed by atoms with Crippen molar-refractivity contribution in [2.75, 3.05) is 13.1 Å². The highest BCUT2D eigenvalue weighted by Crippen LogP contribution is 2.29. The molecule has 1 aliphatic heterocycles. The van der Waals surface area contributed by atoms with E-state index in [0.29, 0.717) is 34.7 Å². The van der Waals surface area contributed by atoms with Crippen LogP contribution < -0.4 is 9.47 Å². The van der Waals surface area contributed by atoms with Gasteiger partial charge in [-0.05, 0) is 70.1 Å². The maximum Gasteiger partial charge on any atom is 0.347 e. The number of pyridine rings is 2. The van der Waals surface area contributed by atoms with E-state index in [-0.39, 0.29) is 6.61 Å². The molecule has 0 amide bonds. The van der Waals surface area contributed by atoms with E-state index in [1.165, 1.54) is 19.9 Å². The molecule has 1 aromatic carbocycles. The van der Waals surface area contributed by atoms with Crippen LogP contribution in [0, 0.1) is 5.82 Å². The average molecular weight is 514 g/mol. The van der Waals surface area contributed by atoms with Crippen molar-refractivity contribution < 1.29 is 23.8 Å². The fourth-order valence-electron chi connectivity index (χ4n) is 4.05. The van der Waals surface area contributed by atoms with Crippen molar-refractivity contribution in [2.24, 2.45) is 0 Å². The number of piperidine rings is 1. The Morgan fingerprint density at radius 1 is 1.19 bits per heavy atom. The van der Waals surface area contributed by atoms with Crippen LogP contribution in [0.3, 0.4) is 0 Å². The van der Waals surface area contributed by atoms with Crippen LogP contribution in [0.25, 0.3) is 0 Å². The lowest BCUT2D eigenvalue weighted by molar-refractivity contribution is -0.152. The molecule has 0 radical (unpaired) electrons. The number of benzene rings is 1. The maximum atomic E-state index is 14.0. The lowest BCUT2D eigenvalue weighted by Gasteiger charge is -2.31. The lowest BCUT2D eigenvalue weighted by Crippen LogP contribution is -2.37. The zero-order valence-corrected chi connectivity index (χ0v) is 21.0. The summed E-state index contributed by atoms with van der Waals surface area (Å²) in [6.07, 6.45) is 3.48. The van der Waals surface area contributed by atoms with Crippen LogP contribution in [0.4, 0.5) is 4.39 Å². The number of likely N-dealkylation sites (tertiary alicyclic amines) is 1. The first-order valence-electron chi connectivity index (χ1n) is 11.8. The standard InChI is InChI=1S/C27H29ClFN3O4/c1-27(2,26(33)34)36-22-9-8-21(30-15-22)16-32-12-10-18(11-13-32)24-4-3-5-25(31-24)35-17-19-6-7-20(28)14-23(19)29/h3-9,14-15,18H,10-13,16-17H2,1-2H3,(H,33,34). The number of hydrogen-bond donors (Lipinski definition) is 1. The summed E-state index contributed by atoms with van der Waals surface area (Å²) in [7, 11) is 0. The minimum atomic E-state index is -1.31. The second-order valence-corrected chi connectivity index (χ2v) is 9.81. The van der Waals surface area contributed by atoms with Crippen LogP contribution in [-0.4, -0.2) is 44.6 Å². The summed E-state index contributed by atoms with van der Waals surface area (Å²) in [5.41, 5.74) is 0.994. The Hall–Kier alpha value is -3.23. The van der Waals surface area contributed by atoms with Crippen LogP contribution in [0.1, 0.15) is 49.6 Å². The highest BCUT2D eigenvalue weighted by atomic mass is 35.5. The molecule has 0 bridgehead atoms. The van der Waals surface area contributed by atoms with Gasteiger partial charge in [0.25, 0.3) is 0 Å². The molecule has 7 nitrogen and oxygen atoms in total. The van der Waals surface area contributed by atoms with Crippen molar-refractivity contribution in [1.82, 2.24) is 14.9 Å². The molecule has 36 heavy (non-hydrogen) atoms. The first kappa shape index (κ1) is 25.9. The lowest BCUT2D eigenvalue weighted by atomic mass is 9.93. The molecular weight excluding hydrogens is 485 g/mol. The van der Waals surface area contributed by atoms with Gasteiger partial charge in [0.15, 0.2) is 5.60 Å². The van der Waals surface area contributed by atoms with E-state index in [1.807, 2.05) is 18.2 Å². The minimum absolute atomic E-state index is 0.0858. The van der Waals surface area contributed by atoms with Crippen molar-refractivity contribution >= 4 is 17.6 Å². The molecule has 3 aromatic rings. The van der Waals surface area contributed by atoms with E-state index >= 15 is 0 Å². The number of halogens is 2. The molecule has 1 N–H and O–H groups in total. The summed E-state index contributed by atoms with van der Waals surface area (Å²) < 4.78 is 25.3. The van der Waals surface area contributed by atoms with Crippen molar-refractivity contribution in [2.45, 2.75) is 51.4 Å². The van der Waals surface area contributed by atoms with Gasteiger partial charge in [-0.25, -0.2) is 14.2 Å². The number of ether oxygens (including phenoxy) is 2. The van der Waals surface area contributed by atoms with Crippen molar-refractivity contribution in [3.8, 4) is 11.6 Å². The normalized spacial score (nSPS) is 15.0. The Kier molecular flexibility index (Phi) is 8.06. The average Bonchev–Trinajstić information content (AvgIpc) is 2.85. The molecule has 9 heteroatoms. The van der Waals surface area contributed by atoms with Gasteiger partial charge in [-0.1, -0.05) is 23.7 Å². The van der Waals surface area contributed by atoms with Gasteiger partial charge < -0.3 is 14.6 Å². The molecule has 1 aliphatic rings. The first-order valence-corrected chi connectivity index (χ1v) is 12.2. The largest absolute Gasteiger partial charge is 0.478 e. The number of carboxylic acids is 1. The van der Waals surface area contributed by atoms with E-state index < -0.39 is 17.4 Å². The third-order valence-electron chi connectivity index (χ3n) is 6.21. The van der Waals surface area contributed by atoms with Gasteiger partial charge in [-0.3, -0.25) is 9.88 Å². The predicted octanol–water partition coefficient (Wildman–Crippen LogP) is 5.47. The minimum Gasteiger partial charge on any atom is -0.478 e. The van der Waals surface area contributed by atoms with Gasteiger partial charge in [0, 0.05) is 34.8 Å². The summed E-state index contributed by atoms with van der Waals surface area (Å²) in [6.45, 7) is 5.60. The van der Waals surface area contributed by atoms with Crippen molar-refractivity contribution in [3.05, 3.63) is 82.5 Å².